The van der Waals surface area contributed by atoms with E-state index in [0.29, 0.717) is 44.8 Å². The van der Waals surface area contributed by atoms with Crippen molar-refractivity contribution >= 4 is 22.0 Å². The minimum absolute atomic E-state index is 0.00740. The van der Waals surface area contributed by atoms with Crippen LogP contribution in [0.15, 0.2) is 23.1 Å². The average Bonchev–Trinajstić information content (AvgIpc) is 2.68. The van der Waals surface area contributed by atoms with Crippen molar-refractivity contribution in [2.24, 2.45) is 0 Å². The van der Waals surface area contributed by atoms with E-state index in [1.54, 1.807) is 34.6 Å². The van der Waals surface area contributed by atoms with Crippen molar-refractivity contribution in [1.29, 1.82) is 0 Å². The van der Waals surface area contributed by atoms with Crippen molar-refractivity contribution in [2.45, 2.75) is 32.6 Å². The minimum Gasteiger partial charge on any atom is -0.335 e. The molecular formula is C19H30N4O4S. The van der Waals surface area contributed by atoms with Gasteiger partial charge in [-0.15, -0.1) is 0 Å². The fraction of sp³-hybridized carbons (Fsp3) is 0.579. The van der Waals surface area contributed by atoms with Gasteiger partial charge in [0, 0.05) is 51.4 Å². The van der Waals surface area contributed by atoms with Crippen LogP contribution in [-0.4, -0.2) is 80.9 Å². The van der Waals surface area contributed by atoms with Gasteiger partial charge in [-0.05, 0) is 38.5 Å². The highest BCUT2D eigenvalue weighted by molar-refractivity contribution is 7.89. The summed E-state index contributed by atoms with van der Waals surface area (Å²) in [6.45, 7) is 10.8. The summed E-state index contributed by atoms with van der Waals surface area (Å²) in [4.78, 5) is 30.7. The third-order valence-corrected chi connectivity index (χ3v) is 6.50. The highest BCUT2D eigenvalue weighted by atomic mass is 32.2. The van der Waals surface area contributed by atoms with Crippen LogP contribution in [0.25, 0.3) is 0 Å². The number of urea groups is 1. The van der Waals surface area contributed by atoms with Crippen molar-refractivity contribution in [3.05, 3.63) is 29.3 Å². The number of sulfonamides is 1. The van der Waals surface area contributed by atoms with Crippen molar-refractivity contribution in [3.63, 3.8) is 0 Å². The molecule has 1 aromatic carbocycles. The Morgan fingerprint density at radius 3 is 2.14 bits per heavy atom. The summed E-state index contributed by atoms with van der Waals surface area (Å²) in [6, 6.07) is 4.58. The number of carbonyl (C=O) groups is 2. The van der Waals surface area contributed by atoms with Gasteiger partial charge in [0.2, 0.25) is 10.0 Å². The van der Waals surface area contributed by atoms with Gasteiger partial charge in [-0.1, -0.05) is 13.0 Å². The molecule has 0 unspecified atom stereocenters. The van der Waals surface area contributed by atoms with E-state index >= 15 is 0 Å². The van der Waals surface area contributed by atoms with Gasteiger partial charge in [0.1, 0.15) is 0 Å². The van der Waals surface area contributed by atoms with Crippen molar-refractivity contribution in [3.8, 4) is 0 Å². The number of rotatable bonds is 6. The summed E-state index contributed by atoms with van der Waals surface area (Å²) < 4.78 is 26.9. The number of piperazine rings is 1. The van der Waals surface area contributed by atoms with E-state index in [1.165, 1.54) is 12.1 Å². The van der Waals surface area contributed by atoms with E-state index in [2.05, 4.69) is 4.72 Å². The Morgan fingerprint density at radius 1 is 1.04 bits per heavy atom. The Morgan fingerprint density at radius 2 is 1.61 bits per heavy atom. The van der Waals surface area contributed by atoms with Crippen molar-refractivity contribution < 1.29 is 18.0 Å². The topological polar surface area (TPSA) is 90.0 Å². The molecule has 0 radical (unpaired) electrons. The second-order valence-electron chi connectivity index (χ2n) is 6.71. The first kappa shape index (κ1) is 22.2. The molecule has 156 valence electrons. The van der Waals surface area contributed by atoms with E-state index in [9.17, 15) is 18.0 Å². The van der Waals surface area contributed by atoms with Crippen LogP contribution in [0.1, 0.15) is 36.7 Å². The SMILES string of the molecule is CCNS(=O)(=O)c1ccc(C)c(C(=O)N2CCN(C(=O)N(CC)CC)CC2)c1. The lowest BCUT2D eigenvalue weighted by Gasteiger charge is -2.37. The lowest BCUT2D eigenvalue weighted by atomic mass is 10.1. The maximum absolute atomic E-state index is 13.0. The smallest absolute Gasteiger partial charge is 0.320 e. The molecule has 0 aromatic heterocycles. The maximum atomic E-state index is 13.0. The van der Waals surface area contributed by atoms with Crippen LogP contribution in [0.4, 0.5) is 4.79 Å². The number of benzene rings is 1. The summed E-state index contributed by atoms with van der Waals surface area (Å²) in [5, 5.41) is 0. The zero-order chi connectivity index (χ0) is 20.9. The Bertz CT molecular complexity index is 813. The van der Waals surface area contributed by atoms with E-state index in [4.69, 9.17) is 0 Å². The normalized spacial score (nSPS) is 14.9. The third kappa shape index (κ3) is 4.82. The Balaban J connectivity index is 2.13. The molecule has 1 aromatic rings. The molecule has 0 saturated carbocycles. The van der Waals surface area contributed by atoms with Crippen molar-refractivity contribution in [2.75, 3.05) is 45.8 Å². The van der Waals surface area contributed by atoms with E-state index < -0.39 is 10.0 Å². The Labute approximate surface area is 167 Å². The number of hydrogen-bond acceptors (Lipinski definition) is 4. The van der Waals surface area contributed by atoms with Crippen LogP contribution < -0.4 is 4.72 Å². The summed E-state index contributed by atoms with van der Waals surface area (Å²) in [7, 11) is -3.63. The number of nitrogens with one attached hydrogen (secondary N) is 1. The lowest BCUT2D eigenvalue weighted by molar-refractivity contribution is 0.0640. The van der Waals surface area contributed by atoms with Crippen LogP contribution in [0.5, 0.6) is 0 Å². The minimum atomic E-state index is -3.63. The monoisotopic (exact) mass is 410 g/mol. The summed E-state index contributed by atoms with van der Waals surface area (Å²) in [5.74, 6) is -0.207. The molecule has 3 amide bonds. The first-order valence-electron chi connectivity index (χ1n) is 9.68. The third-order valence-electron chi connectivity index (χ3n) is 4.96. The van der Waals surface area contributed by atoms with Gasteiger partial charge in [-0.2, -0.15) is 0 Å². The highest BCUT2D eigenvalue weighted by Crippen LogP contribution is 2.19. The first-order chi connectivity index (χ1) is 13.2. The zero-order valence-electron chi connectivity index (χ0n) is 17.1. The van der Waals surface area contributed by atoms with Gasteiger partial charge in [-0.25, -0.2) is 17.9 Å². The number of nitrogens with zero attached hydrogens (tertiary/aromatic N) is 3. The van der Waals surface area contributed by atoms with E-state index in [0.717, 1.165) is 5.56 Å². The van der Waals surface area contributed by atoms with Crippen molar-refractivity contribution in [1.82, 2.24) is 19.4 Å². The second-order valence-corrected chi connectivity index (χ2v) is 8.48. The average molecular weight is 411 g/mol. The van der Waals surface area contributed by atoms with Gasteiger partial charge >= 0.3 is 6.03 Å². The molecule has 8 nitrogen and oxygen atoms in total. The predicted octanol–water partition coefficient (Wildman–Crippen LogP) is 1.51. The van der Waals surface area contributed by atoms with Crippen LogP contribution >= 0.6 is 0 Å². The van der Waals surface area contributed by atoms with Crippen LogP contribution in [0.3, 0.4) is 0 Å². The number of carbonyl (C=O) groups excluding carboxylic acids is 2. The van der Waals surface area contributed by atoms with E-state index in [1.807, 2.05) is 13.8 Å². The standard InChI is InChI=1S/C19H30N4O4S/c1-5-20-28(26,27)16-9-8-15(4)17(14-16)18(24)22-10-12-23(13-11-22)19(25)21(6-2)7-3/h8-9,14,20H,5-7,10-13H2,1-4H3. The van der Waals surface area contributed by atoms with Gasteiger partial charge in [0.05, 0.1) is 4.90 Å². The Kier molecular flexibility index (Phi) is 7.42. The molecule has 0 bridgehead atoms. The number of amides is 3. The molecule has 0 spiro atoms. The van der Waals surface area contributed by atoms with E-state index in [-0.39, 0.29) is 23.4 Å². The molecule has 9 heteroatoms. The molecular weight excluding hydrogens is 380 g/mol. The highest BCUT2D eigenvalue weighted by Gasteiger charge is 2.28. The molecule has 1 aliphatic rings. The fourth-order valence-electron chi connectivity index (χ4n) is 3.24. The molecule has 28 heavy (non-hydrogen) atoms. The van der Waals surface area contributed by atoms with Gasteiger partial charge < -0.3 is 14.7 Å². The van der Waals surface area contributed by atoms with Crippen LogP contribution in [0, 0.1) is 6.92 Å². The quantitative estimate of drug-likeness (QED) is 0.770. The number of aryl methyl sites for hydroxylation is 1. The second kappa shape index (κ2) is 9.38. The summed E-state index contributed by atoms with van der Waals surface area (Å²) in [5.41, 5.74) is 1.10. The predicted molar refractivity (Wildman–Crippen MR) is 108 cm³/mol. The Hall–Kier alpha value is -2.13. The molecule has 1 fully saturated rings. The molecule has 0 atom stereocenters. The maximum Gasteiger partial charge on any atom is 0.320 e. The molecule has 1 saturated heterocycles. The first-order valence-corrected chi connectivity index (χ1v) is 11.2. The van der Waals surface area contributed by atoms with Crippen LogP contribution in [0.2, 0.25) is 0 Å². The number of hydrogen-bond donors (Lipinski definition) is 1. The summed E-state index contributed by atoms with van der Waals surface area (Å²) in [6.07, 6.45) is 0. The zero-order valence-corrected chi connectivity index (χ0v) is 17.9. The fourth-order valence-corrected chi connectivity index (χ4v) is 4.30. The molecule has 1 aliphatic heterocycles. The van der Waals surface area contributed by atoms with Gasteiger partial charge in [-0.3, -0.25) is 4.79 Å². The molecule has 2 rings (SSSR count). The van der Waals surface area contributed by atoms with Crippen LogP contribution in [-0.2, 0) is 10.0 Å². The summed E-state index contributed by atoms with van der Waals surface area (Å²) >= 11 is 0. The molecule has 1 N–H and O–H groups in total. The lowest BCUT2D eigenvalue weighted by Crippen LogP contribution is -2.54. The molecule has 0 aliphatic carbocycles. The van der Waals surface area contributed by atoms with Gasteiger partial charge in [0.25, 0.3) is 5.91 Å². The van der Waals surface area contributed by atoms with Gasteiger partial charge in [0.15, 0.2) is 0 Å². The largest absolute Gasteiger partial charge is 0.335 e. The molecule has 1 heterocycles.